The molecule has 1 aliphatic carbocycles. The van der Waals surface area contributed by atoms with Gasteiger partial charge in [-0.15, -0.1) is 0 Å². The average molecular weight is 717 g/mol. The van der Waals surface area contributed by atoms with Crippen LogP contribution in [0.2, 0.25) is 0 Å². The van der Waals surface area contributed by atoms with Gasteiger partial charge in [0.05, 0.1) is 32.7 Å². The van der Waals surface area contributed by atoms with Crippen LogP contribution in [0.5, 0.6) is 11.5 Å². The maximum Gasteiger partial charge on any atom is 0.282 e. The predicted molar refractivity (Wildman–Crippen MR) is 166 cm³/mol. The van der Waals surface area contributed by atoms with Crippen LogP contribution in [0.4, 0.5) is 5.69 Å². The van der Waals surface area contributed by atoms with Crippen molar-refractivity contribution < 1.29 is 14.4 Å². The molecule has 5 rings (SSSR count). The molecule has 1 heterocycles. The molecule has 11 heteroatoms. The summed E-state index contributed by atoms with van der Waals surface area (Å²) < 4.78 is 14.6. The van der Waals surface area contributed by atoms with Crippen molar-refractivity contribution in [3.63, 3.8) is 0 Å². The van der Waals surface area contributed by atoms with Crippen LogP contribution in [0.25, 0.3) is 10.9 Å². The Morgan fingerprint density at radius 1 is 1.18 bits per heavy atom. The van der Waals surface area contributed by atoms with Crippen molar-refractivity contribution in [1.82, 2.24) is 9.66 Å². The topological polar surface area (TPSA) is 109 Å². The Balaban J connectivity index is 1.47. The van der Waals surface area contributed by atoms with Gasteiger partial charge in [-0.2, -0.15) is 9.78 Å². The number of ether oxygens (including phenoxy) is 2. The Hall–Kier alpha value is -3.32. The van der Waals surface area contributed by atoms with Gasteiger partial charge in [0, 0.05) is 22.5 Å². The summed E-state index contributed by atoms with van der Waals surface area (Å²) in [7, 11) is 1.54. The number of fused-ring (bicyclic) bond motifs is 1. The minimum Gasteiger partial charge on any atom is -0.493 e. The van der Waals surface area contributed by atoms with Gasteiger partial charge in [0.15, 0.2) is 11.5 Å². The molecule has 0 N–H and O–H groups in total. The second kappa shape index (κ2) is 12.5. The van der Waals surface area contributed by atoms with Crippen LogP contribution >= 0.6 is 38.5 Å². The minimum atomic E-state index is -0.434. The first kappa shape index (κ1) is 28.2. The quantitative estimate of drug-likeness (QED) is 0.0827. The molecule has 9 nitrogen and oxygen atoms in total. The van der Waals surface area contributed by atoms with Gasteiger partial charge in [0.25, 0.3) is 11.2 Å². The van der Waals surface area contributed by atoms with Crippen LogP contribution in [-0.2, 0) is 6.61 Å². The maximum absolute atomic E-state index is 13.6. The van der Waals surface area contributed by atoms with E-state index in [1.54, 1.807) is 37.6 Å². The van der Waals surface area contributed by atoms with Gasteiger partial charge in [-0.05, 0) is 76.9 Å². The maximum atomic E-state index is 13.6. The molecular formula is C29H26BrIN4O5. The van der Waals surface area contributed by atoms with E-state index in [0.29, 0.717) is 33.8 Å². The summed E-state index contributed by atoms with van der Waals surface area (Å²) in [4.78, 5) is 29.1. The molecule has 0 bridgehead atoms. The third-order valence-corrected chi connectivity index (χ3v) is 8.18. The second-order valence-corrected chi connectivity index (χ2v) is 11.7. The summed E-state index contributed by atoms with van der Waals surface area (Å²) in [5.41, 5.74) is 1.86. The number of nitro groups is 1. The number of methoxy groups -OCH3 is 1. The lowest BCUT2D eigenvalue weighted by molar-refractivity contribution is -0.384. The van der Waals surface area contributed by atoms with Crippen molar-refractivity contribution >= 4 is 61.3 Å². The van der Waals surface area contributed by atoms with Crippen LogP contribution in [0.3, 0.4) is 0 Å². The van der Waals surface area contributed by atoms with E-state index < -0.39 is 4.92 Å². The largest absolute Gasteiger partial charge is 0.493 e. The van der Waals surface area contributed by atoms with E-state index in [-0.39, 0.29) is 23.8 Å². The fourth-order valence-electron chi connectivity index (χ4n) is 4.90. The Kier molecular flexibility index (Phi) is 8.79. The van der Waals surface area contributed by atoms with Crippen molar-refractivity contribution in [2.24, 2.45) is 5.10 Å². The van der Waals surface area contributed by atoms with E-state index in [9.17, 15) is 14.9 Å². The minimum absolute atomic E-state index is 0.00713. The van der Waals surface area contributed by atoms with Crippen molar-refractivity contribution in [3.8, 4) is 11.5 Å². The van der Waals surface area contributed by atoms with Crippen LogP contribution < -0.4 is 15.0 Å². The molecule has 0 unspecified atom stereocenters. The number of aromatic nitrogens is 2. The van der Waals surface area contributed by atoms with Gasteiger partial charge >= 0.3 is 0 Å². The Labute approximate surface area is 252 Å². The van der Waals surface area contributed by atoms with Gasteiger partial charge in [-0.25, -0.2) is 4.98 Å². The SMILES string of the molecule is COc1cc(C=Nn2c(C3CCCCC3)nc3ccc(Br)cc3c2=O)cc(I)c1OCc1cccc([N+](=O)[O-])c1. The predicted octanol–water partition coefficient (Wildman–Crippen LogP) is 7.19. The molecule has 0 saturated heterocycles. The number of non-ortho nitro benzene ring substituents is 1. The summed E-state index contributed by atoms with van der Waals surface area (Å²) in [5.74, 6) is 1.86. The van der Waals surface area contributed by atoms with E-state index in [2.05, 4.69) is 43.6 Å². The molecule has 1 aromatic heterocycles. The summed E-state index contributed by atoms with van der Waals surface area (Å²) >= 11 is 5.61. The normalized spacial score (nSPS) is 14.1. The third kappa shape index (κ3) is 6.20. The van der Waals surface area contributed by atoms with Crippen LogP contribution in [0, 0.1) is 13.7 Å². The summed E-state index contributed by atoms with van der Waals surface area (Å²) in [6, 6.07) is 15.5. The highest BCUT2D eigenvalue weighted by molar-refractivity contribution is 14.1. The number of hydrogen-bond donors (Lipinski definition) is 0. The van der Waals surface area contributed by atoms with Crippen LogP contribution in [0.1, 0.15) is 55.0 Å². The van der Waals surface area contributed by atoms with Crippen LogP contribution in [-0.4, -0.2) is 27.9 Å². The average Bonchev–Trinajstić information content (AvgIpc) is 2.96. The zero-order chi connectivity index (χ0) is 28.2. The highest BCUT2D eigenvalue weighted by Crippen LogP contribution is 2.35. The van der Waals surface area contributed by atoms with Gasteiger partial charge in [-0.3, -0.25) is 14.9 Å². The van der Waals surface area contributed by atoms with E-state index in [4.69, 9.17) is 14.5 Å². The van der Waals surface area contributed by atoms with Crippen LogP contribution in [0.15, 0.2) is 69.0 Å². The highest BCUT2D eigenvalue weighted by atomic mass is 127. The Morgan fingerprint density at radius 3 is 2.73 bits per heavy atom. The molecule has 40 heavy (non-hydrogen) atoms. The number of halogens is 2. The van der Waals surface area contributed by atoms with E-state index in [0.717, 1.165) is 39.3 Å². The number of nitro benzene ring substituents is 1. The lowest BCUT2D eigenvalue weighted by Gasteiger charge is -2.22. The first-order chi connectivity index (χ1) is 19.3. The number of nitrogens with zero attached hydrogens (tertiary/aromatic N) is 4. The fraction of sp³-hybridized carbons (Fsp3) is 0.276. The van der Waals surface area contributed by atoms with Crippen molar-refractivity contribution in [1.29, 1.82) is 0 Å². The van der Waals surface area contributed by atoms with Crippen molar-refractivity contribution in [2.75, 3.05) is 7.11 Å². The van der Waals surface area contributed by atoms with E-state index in [1.165, 1.54) is 23.2 Å². The zero-order valence-corrected chi connectivity index (χ0v) is 25.4. The molecule has 4 aromatic rings. The molecule has 206 valence electrons. The summed E-state index contributed by atoms with van der Waals surface area (Å²) in [5, 5.41) is 16.2. The van der Waals surface area contributed by atoms with Gasteiger partial charge in [0.2, 0.25) is 0 Å². The second-order valence-electron chi connectivity index (χ2n) is 9.58. The molecule has 0 aliphatic heterocycles. The number of hydrogen-bond acceptors (Lipinski definition) is 7. The monoisotopic (exact) mass is 716 g/mol. The first-order valence-corrected chi connectivity index (χ1v) is 14.7. The molecule has 1 saturated carbocycles. The Morgan fingerprint density at radius 2 is 1.98 bits per heavy atom. The molecule has 0 amide bonds. The molecule has 0 spiro atoms. The standard InChI is InChI=1S/C29H26BrIN4O5/c1-39-26-14-19(13-24(31)27(26)40-17-18-6-5-9-22(12-18)35(37)38)16-32-34-28(20-7-3-2-4-8-20)33-25-11-10-21(30)15-23(25)29(34)36/h5-6,9-16,20H,2-4,7-8,17H2,1H3. The van der Waals surface area contributed by atoms with Crippen molar-refractivity contribution in [3.05, 3.63) is 100 Å². The fourth-order valence-corrected chi connectivity index (χ4v) is 6.04. The lowest BCUT2D eigenvalue weighted by atomic mass is 9.88. The van der Waals surface area contributed by atoms with Gasteiger partial charge in [-0.1, -0.05) is 47.3 Å². The molecular weight excluding hydrogens is 691 g/mol. The number of benzene rings is 3. The molecule has 0 radical (unpaired) electrons. The number of rotatable bonds is 8. The first-order valence-electron chi connectivity index (χ1n) is 12.8. The summed E-state index contributed by atoms with van der Waals surface area (Å²) in [6.45, 7) is 0.139. The van der Waals surface area contributed by atoms with E-state index in [1.807, 2.05) is 18.2 Å². The van der Waals surface area contributed by atoms with Crippen molar-refractivity contribution in [2.45, 2.75) is 44.6 Å². The Bertz CT molecular complexity index is 1670. The molecule has 1 fully saturated rings. The van der Waals surface area contributed by atoms with Gasteiger partial charge in [0.1, 0.15) is 12.4 Å². The van der Waals surface area contributed by atoms with Gasteiger partial charge < -0.3 is 9.47 Å². The molecule has 1 aliphatic rings. The summed E-state index contributed by atoms with van der Waals surface area (Å²) in [6.07, 6.45) is 7.00. The zero-order valence-electron chi connectivity index (χ0n) is 21.7. The highest BCUT2D eigenvalue weighted by Gasteiger charge is 2.22. The smallest absolute Gasteiger partial charge is 0.282 e. The lowest BCUT2D eigenvalue weighted by Crippen LogP contribution is -2.25. The third-order valence-electron chi connectivity index (χ3n) is 6.88. The molecule has 3 aromatic carbocycles. The molecule has 0 atom stereocenters. The van der Waals surface area contributed by atoms with E-state index >= 15 is 0 Å².